The number of halogens is 1. The SMILES string of the molecule is CC1=CCC(NS(=O)(=O)c2ccc(C(=O)O)c(Cl)c2)CC1. The fraction of sp³-hybridized carbons (Fsp3) is 0.357. The highest BCUT2D eigenvalue weighted by Crippen LogP contribution is 2.23. The van der Waals surface area contributed by atoms with Crippen molar-refractivity contribution in [3.8, 4) is 0 Å². The van der Waals surface area contributed by atoms with Crippen molar-refractivity contribution in [1.29, 1.82) is 0 Å². The van der Waals surface area contributed by atoms with Crippen molar-refractivity contribution in [2.45, 2.75) is 37.1 Å². The lowest BCUT2D eigenvalue weighted by atomic mass is 9.97. The Balaban J connectivity index is 2.20. The Kier molecular flexibility index (Phi) is 4.70. The number of carbonyl (C=O) groups is 1. The molecule has 5 nitrogen and oxygen atoms in total. The Labute approximate surface area is 128 Å². The topological polar surface area (TPSA) is 83.5 Å². The maximum atomic E-state index is 12.3. The van der Waals surface area contributed by atoms with E-state index in [1.807, 2.05) is 13.0 Å². The van der Waals surface area contributed by atoms with Gasteiger partial charge in [-0.2, -0.15) is 0 Å². The summed E-state index contributed by atoms with van der Waals surface area (Å²) in [5, 5.41) is 8.80. The second-order valence-corrected chi connectivity index (χ2v) is 7.21. The van der Waals surface area contributed by atoms with Gasteiger partial charge >= 0.3 is 5.97 Å². The van der Waals surface area contributed by atoms with Crippen LogP contribution in [0.4, 0.5) is 0 Å². The molecule has 0 radical (unpaired) electrons. The Morgan fingerprint density at radius 1 is 1.43 bits per heavy atom. The van der Waals surface area contributed by atoms with Gasteiger partial charge in [0.25, 0.3) is 0 Å². The van der Waals surface area contributed by atoms with Crippen molar-refractivity contribution < 1.29 is 18.3 Å². The van der Waals surface area contributed by atoms with E-state index in [2.05, 4.69) is 4.72 Å². The van der Waals surface area contributed by atoms with E-state index < -0.39 is 16.0 Å². The summed E-state index contributed by atoms with van der Waals surface area (Å²) in [6, 6.07) is 3.47. The summed E-state index contributed by atoms with van der Waals surface area (Å²) in [4.78, 5) is 10.9. The molecule has 1 aliphatic rings. The molecule has 1 aromatic carbocycles. The standard InChI is InChI=1S/C14H16ClNO4S/c1-9-2-4-10(5-3-9)16-21(19,20)11-6-7-12(14(17)18)13(15)8-11/h2,6-8,10,16H,3-5H2,1H3,(H,17,18). The smallest absolute Gasteiger partial charge is 0.337 e. The second kappa shape index (κ2) is 6.17. The highest BCUT2D eigenvalue weighted by atomic mass is 35.5. The van der Waals surface area contributed by atoms with Gasteiger partial charge in [-0.3, -0.25) is 0 Å². The van der Waals surface area contributed by atoms with Gasteiger partial charge in [0.05, 0.1) is 15.5 Å². The van der Waals surface area contributed by atoms with Crippen molar-refractivity contribution in [2.75, 3.05) is 0 Å². The predicted molar refractivity (Wildman–Crippen MR) is 80.1 cm³/mol. The Bertz CT molecular complexity index is 697. The van der Waals surface area contributed by atoms with E-state index in [0.29, 0.717) is 6.42 Å². The van der Waals surface area contributed by atoms with Crippen LogP contribution < -0.4 is 4.72 Å². The number of hydrogen-bond acceptors (Lipinski definition) is 3. The first kappa shape index (κ1) is 16.0. The molecule has 0 amide bonds. The quantitative estimate of drug-likeness (QED) is 0.832. The fourth-order valence-electron chi connectivity index (χ4n) is 2.20. The molecule has 114 valence electrons. The zero-order valence-electron chi connectivity index (χ0n) is 11.5. The van der Waals surface area contributed by atoms with E-state index >= 15 is 0 Å². The zero-order valence-corrected chi connectivity index (χ0v) is 13.0. The maximum Gasteiger partial charge on any atom is 0.337 e. The van der Waals surface area contributed by atoms with Crippen LogP contribution in [-0.2, 0) is 10.0 Å². The molecule has 0 saturated carbocycles. The van der Waals surface area contributed by atoms with Gasteiger partial charge in [0.1, 0.15) is 0 Å². The summed E-state index contributed by atoms with van der Waals surface area (Å²) < 4.78 is 27.2. The van der Waals surface area contributed by atoms with Crippen molar-refractivity contribution >= 4 is 27.6 Å². The maximum absolute atomic E-state index is 12.3. The van der Waals surface area contributed by atoms with E-state index in [9.17, 15) is 13.2 Å². The number of benzene rings is 1. The number of hydrogen-bond donors (Lipinski definition) is 2. The van der Waals surface area contributed by atoms with E-state index in [-0.39, 0.29) is 21.5 Å². The van der Waals surface area contributed by atoms with Crippen molar-refractivity contribution in [1.82, 2.24) is 4.72 Å². The Morgan fingerprint density at radius 3 is 2.67 bits per heavy atom. The van der Waals surface area contributed by atoms with Crippen molar-refractivity contribution in [3.63, 3.8) is 0 Å². The molecular formula is C14H16ClNO4S. The summed E-state index contributed by atoms with van der Waals surface area (Å²) in [6.45, 7) is 2.02. The average Bonchev–Trinajstić information content (AvgIpc) is 2.40. The minimum absolute atomic E-state index is 0.0243. The predicted octanol–water partition coefficient (Wildman–Crippen LogP) is 2.82. The molecule has 0 saturated heterocycles. The van der Waals surface area contributed by atoms with Crippen LogP contribution >= 0.6 is 11.6 Å². The van der Waals surface area contributed by atoms with Crippen molar-refractivity contribution in [3.05, 3.63) is 40.4 Å². The third kappa shape index (κ3) is 3.84. The van der Waals surface area contributed by atoms with Crippen LogP contribution in [-0.4, -0.2) is 25.5 Å². The lowest BCUT2D eigenvalue weighted by Crippen LogP contribution is -2.35. The molecule has 0 spiro atoms. The molecule has 21 heavy (non-hydrogen) atoms. The van der Waals surface area contributed by atoms with Crippen LogP contribution in [0.5, 0.6) is 0 Å². The molecule has 0 aromatic heterocycles. The lowest BCUT2D eigenvalue weighted by molar-refractivity contribution is 0.0697. The number of carboxylic acid groups (broad SMARTS) is 1. The summed E-state index contributed by atoms with van der Waals surface area (Å²) in [5.41, 5.74) is 1.14. The molecule has 1 aliphatic carbocycles. The molecule has 1 unspecified atom stereocenters. The minimum Gasteiger partial charge on any atom is -0.478 e. The van der Waals surface area contributed by atoms with Gasteiger partial charge in [0.2, 0.25) is 10.0 Å². The van der Waals surface area contributed by atoms with E-state index in [1.54, 1.807) is 0 Å². The van der Waals surface area contributed by atoms with E-state index in [0.717, 1.165) is 18.9 Å². The van der Waals surface area contributed by atoms with Gasteiger partial charge in [-0.15, -0.1) is 0 Å². The normalized spacial score (nSPS) is 19.1. The third-order valence-electron chi connectivity index (χ3n) is 3.44. The van der Waals surface area contributed by atoms with Gasteiger partial charge in [-0.05, 0) is 44.4 Å². The summed E-state index contributed by atoms with van der Waals surface area (Å²) in [7, 11) is -3.70. The molecule has 0 heterocycles. The number of nitrogens with one attached hydrogen (secondary N) is 1. The minimum atomic E-state index is -3.70. The molecular weight excluding hydrogens is 314 g/mol. The number of carboxylic acids is 1. The van der Waals surface area contributed by atoms with Gasteiger partial charge < -0.3 is 5.11 Å². The summed E-state index contributed by atoms with van der Waals surface area (Å²) in [6.07, 6.45) is 4.30. The Morgan fingerprint density at radius 2 is 2.14 bits per heavy atom. The Hall–Kier alpha value is -1.37. The molecule has 2 rings (SSSR count). The number of aromatic carboxylic acids is 1. The summed E-state index contributed by atoms with van der Waals surface area (Å²) >= 11 is 5.81. The number of rotatable bonds is 4. The molecule has 0 bridgehead atoms. The van der Waals surface area contributed by atoms with Gasteiger partial charge in [0.15, 0.2) is 0 Å². The summed E-state index contributed by atoms with van der Waals surface area (Å²) in [5.74, 6) is -1.19. The van der Waals surface area contributed by atoms with Gasteiger partial charge in [-0.25, -0.2) is 17.9 Å². The van der Waals surface area contributed by atoms with Gasteiger partial charge in [-0.1, -0.05) is 23.3 Å². The number of sulfonamides is 1. The van der Waals surface area contributed by atoms with Crippen LogP contribution in [0.2, 0.25) is 5.02 Å². The molecule has 1 atom stereocenters. The molecule has 2 N–H and O–H groups in total. The first-order valence-corrected chi connectivity index (χ1v) is 8.36. The molecule has 0 fully saturated rings. The third-order valence-corrected chi connectivity index (χ3v) is 5.27. The highest BCUT2D eigenvalue weighted by molar-refractivity contribution is 7.89. The molecule has 1 aromatic rings. The molecule has 0 aliphatic heterocycles. The van der Waals surface area contributed by atoms with Crippen LogP contribution in [0.1, 0.15) is 36.5 Å². The monoisotopic (exact) mass is 329 g/mol. The first-order chi connectivity index (χ1) is 9.79. The van der Waals surface area contributed by atoms with Crippen LogP contribution in [0.15, 0.2) is 34.7 Å². The fourth-order valence-corrected chi connectivity index (χ4v) is 3.83. The van der Waals surface area contributed by atoms with Crippen LogP contribution in [0.25, 0.3) is 0 Å². The first-order valence-electron chi connectivity index (χ1n) is 6.50. The van der Waals surface area contributed by atoms with Crippen LogP contribution in [0.3, 0.4) is 0 Å². The lowest BCUT2D eigenvalue weighted by Gasteiger charge is -2.21. The van der Waals surface area contributed by atoms with Gasteiger partial charge in [0, 0.05) is 6.04 Å². The van der Waals surface area contributed by atoms with E-state index in [1.165, 1.54) is 17.7 Å². The van der Waals surface area contributed by atoms with E-state index in [4.69, 9.17) is 16.7 Å². The molecule has 7 heteroatoms. The van der Waals surface area contributed by atoms with Crippen LogP contribution in [0, 0.1) is 0 Å². The van der Waals surface area contributed by atoms with Crippen molar-refractivity contribution in [2.24, 2.45) is 0 Å². The number of allylic oxidation sites excluding steroid dienone is 1. The zero-order chi connectivity index (χ0) is 15.6. The highest BCUT2D eigenvalue weighted by Gasteiger charge is 2.22. The largest absolute Gasteiger partial charge is 0.478 e. The average molecular weight is 330 g/mol. The second-order valence-electron chi connectivity index (χ2n) is 5.09.